The number of hydrogen-bond donors (Lipinski definition) is 1. The molecule has 5 nitrogen and oxygen atoms in total. The Morgan fingerprint density at radius 2 is 1.75 bits per heavy atom. The van der Waals surface area contributed by atoms with Gasteiger partial charge >= 0.3 is 0 Å². The number of thioether (sulfide) groups is 1. The number of rotatable bonds is 6. The molecule has 6 heteroatoms. The molecule has 1 unspecified atom stereocenters. The largest absolute Gasteiger partial charge is 0.325 e. The summed E-state index contributed by atoms with van der Waals surface area (Å²) in [7, 11) is 0. The normalized spacial score (nSPS) is 12.0. The summed E-state index contributed by atoms with van der Waals surface area (Å²) in [4.78, 5) is 30.9. The Kier molecular flexibility index (Phi) is 6.42. The zero-order valence-electron chi connectivity index (χ0n) is 18.3. The number of aromatic nitrogens is 2. The smallest absolute Gasteiger partial charge is 0.262 e. The van der Waals surface area contributed by atoms with Crippen molar-refractivity contribution in [2.24, 2.45) is 0 Å². The molecule has 0 aliphatic carbocycles. The minimum absolute atomic E-state index is 0.107. The van der Waals surface area contributed by atoms with Crippen molar-refractivity contribution in [1.82, 2.24) is 9.55 Å². The molecule has 0 saturated heterocycles. The number of amides is 1. The van der Waals surface area contributed by atoms with Crippen molar-refractivity contribution in [1.29, 1.82) is 0 Å². The fourth-order valence-corrected chi connectivity index (χ4v) is 4.45. The number of para-hydroxylation sites is 1. The molecule has 1 N–H and O–H groups in total. The lowest BCUT2D eigenvalue weighted by molar-refractivity contribution is -0.115. The van der Waals surface area contributed by atoms with E-state index in [2.05, 4.69) is 5.32 Å². The third kappa shape index (κ3) is 4.75. The van der Waals surface area contributed by atoms with Crippen molar-refractivity contribution in [3.05, 3.63) is 99.8 Å². The van der Waals surface area contributed by atoms with E-state index in [4.69, 9.17) is 4.98 Å². The summed E-state index contributed by atoms with van der Waals surface area (Å²) in [6.07, 6.45) is 0. The molecular formula is C26H25N3O2S. The summed E-state index contributed by atoms with van der Waals surface area (Å²) in [6, 6.07) is 23.0. The minimum atomic E-state index is -0.439. The average Bonchev–Trinajstić information content (AvgIpc) is 2.79. The highest BCUT2D eigenvalue weighted by Gasteiger charge is 2.20. The Morgan fingerprint density at radius 3 is 2.50 bits per heavy atom. The van der Waals surface area contributed by atoms with E-state index in [-0.39, 0.29) is 11.5 Å². The fourth-order valence-electron chi connectivity index (χ4n) is 3.54. The summed E-state index contributed by atoms with van der Waals surface area (Å²) < 4.78 is 1.66. The van der Waals surface area contributed by atoms with Crippen LogP contribution in [0.1, 0.15) is 23.6 Å². The number of carbonyl (C=O) groups is 1. The first kappa shape index (κ1) is 21.8. The maximum Gasteiger partial charge on any atom is 0.262 e. The highest BCUT2D eigenvalue weighted by atomic mass is 32.2. The van der Waals surface area contributed by atoms with E-state index in [1.165, 1.54) is 11.8 Å². The van der Waals surface area contributed by atoms with Crippen LogP contribution in [0.2, 0.25) is 0 Å². The van der Waals surface area contributed by atoms with Gasteiger partial charge in [0, 0.05) is 5.69 Å². The quantitative estimate of drug-likeness (QED) is 0.329. The lowest BCUT2D eigenvalue weighted by atomic mass is 10.1. The van der Waals surface area contributed by atoms with Gasteiger partial charge in [0.1, 0.15) is 0 Å². The van der Waals surface area contributed by atoms with Gasteiger partial charge < -0.3 is 5.32 Å². The molecule has 32 heavy (non-hydrogen) atoms. The zero-order chi connectivity index (χ0) is 22.7. The van der Waals surface area contributed by atoms with E-state index >= 15 is 0 Å². The van der Waals surface area contributed by atoms with Gasteiger partial charge in [-0.2, -0.15) is 0 Å². The first-order valence-electron chi connectivity index (χ1n) is 10.5. The van der Waals surface area contributed by atoms with Gasteiger partial charge in [-0.25, -0.2) is 4.98 Å². The molecule has 4 aromatic rings. The Labute approximate surface area is 191 Å². The van der Waals surface area contributed by atoms with E-state index < -0.39 is 5.25 Å². The molecular weight excluding hydrogens is 418 g/mol. The number of aryl methyl sites for hydroxylation is 2. The van der Waals surface area contributed by atoms with E-state index in [1.54, 1.807) is 10.6 Å². The number of benzene rings is 3. The topological polar surface area (TPSA) is 64.0 Å². The van der Waals surface area contributed by atoms with Crippen LogP contribution in [-0.4, -0.2) is 20.7 Å². The van der Waals surface area contributed by atoms with Crippen LogP contribution in [-0.2, 0) is 11.3 Å². The van der Waals surface area contributed by atoms with Gasteiger partial charge in [-0.3, -0.25) is 14.2 Å². The molecule has 0 radical (unpaired) electrons. The zero-order valence-corrected chi connectivity index (χ0v) is 19.1. The molecule has 0 fully saturated rings. The van der Waals surface area contributed by atoms with Crippen molar-refractivity contribution in [3.8, 4) is 0 Å². The predicted molar refractivity (Wildman–Crippen MR) is 131 cm³/mol. The first-order chi connectivity index (χ1) is 15.4. The summed E-state index contributed by atoms with van der Waals surface area (Å²) in [5, 5.41) is 3.66. The van der Waals surface area contributed by atoms with Gasteiger partial charge in [0.25, 0.3) is 5.56 Å². The average molecular weight is 444 g/mol. The predicted octanol–water partition coefficient (Wildman–Crippen LogP) is 5.18. The molecule has 4 rings (SSSR count). The van der Waals surface area contributed by atoms with Gasteiger partial charge in [-0.15, -0.1) is 0 Å². The molecule has 0 spiro atoms. The van der Waals surface area contributed by atoms with Crippen molar-refractivity contribution in [3.63, 3.8) is 0 Å². The molecule has 1 heterocycles. The highest BCUT2D eigenvalue weighted by molar-refractivity contribution is 8.00. The number of carbonyl (C=O) groups excluding carboxylic acids is 1. The number of nitrogens with zero attached hydrogens (tertiary/aromatic N) is 2. The molecule has 1 aromatic heterocycles. The maximum atomic E-state index is 13.3. The van der Waals surface area contributed by atoms with E-state index in [9.17, 15) is 9.59 Å². The van der Waals surface area contributed by atoms with E-state index in [0.717, 1.165) is 22.4 Å². The Morgan fingerprint density at radius 1 is 1.03 bits per heavy atom. The summed E-state index contributed by atoms with van der Waals surface area (Å²) in [5.74, 6) is -0.129. The van der Waals surface area contributed by atoms with Gasteiger partial charge in [-0.1, -0.05) is 71.9 Å². The van der Waals surface area contributed by atoms with Crippen LogP contribution in [0.15, 0.2) is 82.7 Å². The van der Waals surface area contributed by atoms with E-state index in [0.29, 0.717) is 22.6 Å². The summed E-state index contributed by atoms with van der Waals surface area (Å²) >= 11 is 1.29. The summed E-state index contributed by atoms with van der Waals surface area (Å²) in [5.41, 5.74) is 4.48. The van der Waals surface area contributed by atoms with Gasteiger partial charge in [-0.05, 0) is 50.1 Å². The monoisotopic (exact) mass is 443 g/mol. The second-order valence-electron chi connectivity index (χ2n) is 7.86. The molecule has 0 saturated carbocycles. The summed E-state index contributed by atoms with van der Waals surface area (Å²) in [6.45, 7) is 6.22. The molecule has 162 valence electrons. The van der Waals surface area contributed by atoms with Crippen LogP contribution in [0.5, 0.6) is 0 Å². The van der Waals surface area contributed by atoms with Crippen LogP contribution >= 0.6 is 11.8 Å². The molecule has 0 aliphatic rings. The van der Waals surface area contributed by atoms with Crippen LogP contribution in [0.25, 0.3) is 10.9 Å². The SMILES string of the molecule is Cc1ccc(NC(=O)C(C)Sc2nc3ccccc3c(=O)n2Cc2ccccc2)c(C)c1. The fraction of sp³-hybridized carbons (Fsp3) is 0.192. The van der Waals surface area contributed by atoms with Crippen molar-refractivity contribution < 1.29 is 4.79 Å². The Balaban J connectivity index is 1.65. The Bertz CT molecular complexity index is 1330. The van der Waals surface area contributed by atoms with Crippen LogP contribution in [0.4, 0.5) is 5.69 Å². The molecule has 0 aliphatic heterocycles. The lowest BCUT2D eigenvalue weighted by Crippen LogP contribution is -2.27. The van der Waals surface area contributed by atoms with Crippen molar-refractivity contribution in [2.75, 3.05) is 5.32 Å². The second-order valence-corrected chi connectivity index (χ2v) is 9.16. The second kappa shape index (κ2) is 9.40. The van der Waals surface area contributed by atoms with E-state index in [1.807, 2.05) is 87.5 Å². The van der Waals surface area contributed by atoms with Crippen LogP contribution in [0, 0.1) is 13.8 Å². The number of fused-ring (bicyclic) bond motifs is 1. The number of hydrogen-bond acceptors (Lipinski definition) is 4. The molecule has 3 aromatic carbocycles. The first-order valence-corrected chi connectivity index (χ1v) is 11.4. The Hall–Kier alpha value is -3.38. The van der Waals surface area contributed by atoms with Gasteiger partial charge in [0.15, 0.2) is 5.16 Å². The van der Waals surface area contributed by atoms with Crippen LogP contribution < -0.4 is 10.9 Å². The van der Waals surface area contributed by atoms with Crippen molar-refractivity contribution in [2.45, 2.75) is 37.7 Å². The maximum absolute atomic E-state index is 13.3. The van der Waals surface area contributed by atoms with Gasteiger partial charge in [0.05, 0.1) is 22.7 Å². The highest BCUT2D eigenvalue weighted by Crippen LogP contribution is 2.25. The third-order valence-corrected chi connectivity index (χ3v) is 6.39. The molecule has 0 bridgehead atoms. The number of anilines is 1. The van der Waals surface area contributed by atoms with Crippen LogP contribution in [0.3, 0.4) is 0 Å². The minimum Gasteiger partial charge on any atom is -0.325 e. The molecule has 1 amide bonds. The third-order valence-electron chi connectivity index (χ3n) is 5.30. The van der Waals surface area contributed by atoms with Gasteiger partial charge in [0.2, 0.25) is 5.91 Å². The molecule has 1 atom stereocenters. The standard InChI is InChI=1S/C26H25N3O2S/c1-17-13-14-22(18(2)15-17)27-24(30)19(3)32-26-28-23-12-8-7-11-21(23)25(31)29(26)16-20-9-5-4-6-10-20/h4-15,19H,16H2,1-3H3,(H,27,30). The van der Waals surface area contributed by atoms with Crippen molar-refractivity contribution >= 4 is 34.3 Å². The lowest BCUT2D eigenvalue weighted by Gasteiger charge is -2.17. The number of nitrogens with one attached hydrogen (secondary N) is 1.